The van der Waals surface area contributed by atoms with Gasteiger partial charge in [-0.1, -0.05) is 93.6 Å². The number of fused-ring (bicyclic) bond motifs is 1. The maximum atomic E-state index is 13.5. The van der Waals surface area contributed by atoms with E-state index in [4.69, 9.17) is 4.74 Å². The average Bonchev–Trinajstić information content (AvgIpc) is 3.52. The largest absolute Gasteiger partial charge is 0.390 e. The Hall–Kier alpha value is -3.79. The normalized spacial score (nSPS) is 17.1. The van der Waals surface area contributed by atoms with Crippen molar-refractivity contribution < 1.29 is 24.2 Å². The number of aliphatic hydroxyl groups is 1. The number of aliphatic hydroxyl groups excluding tert-OH is 1. The number of amides is 3. The lowest BCUT2D eigenvalue weighted by Gasteiger charge is -2.31. The van der Waals surface area contributed by atoms with Crippen LogP contribution in [0.5, 0.6) is 0 Å². The van der Waals surface area contributed by atoms with Crippen molar-refractivity contribution in [1.29, 1.82) is 0 Å². The van der Waals surface area contributed by atoms with Crippen LogP contribution in [0.15, 0.2) is 72.8 Å². The molecule has 3 amide bonds. The maximum absolute atomic E-state index is 13.5. The molecule has 3 aromatic carbocycles. The molecule has 0 bridgehead atoms. The summed E-state index contributed by atoms with van der Waals surface area (Å²) in [5, 5.41) is 21.7. The van der Waals surface area contributed by atoms with E-state index < -0.39 is 23.6 Å². The van der Waals surface area contributed by atoms with E-state index in [0.29, 0.717) is 26.1 Å². The highest BCUT2D eigenvalue weighted by Crippen LogP contribution is 2.26. The lowest BCUT2D eigenvalue weighted by Crippen LogP contribution is -2.55. The third-order valence-electron chi connectivity index (χ3n) is 8.05. The van der Waals surface area contributed by atoms with Crippen molar-refractivity contribution in [2.45, 2.75) is 77.9 Å². The molecule has 1 aliphatic rings. The van der Waals surface area contributed by atoms with Crippen LogP contribution in [0, 0.1) is 5.41 Å². The van der Waals surface area contributed by atoms with E-state index in [2.05, 4.69) is 16.0 Å². The molecular weight excluding hydrogens is 568 g/mol. The molecular formula is C36H48N4O5. The van der Waals surface area contributed by atoms with Crippen molar-refractivity contribution in [3.63, 3.8) is 0 Å². The van der Waals surface area contributed by atoms with Crippen molar-refractivity contribution in [3.05, 3.63) is 83.9 Å². The predicted octanol–water partition coefficient (Wildman–Crippen LogP) is 3.58. The van der Waals surface area contributed by atoms with Gasteiger partial charge in [0, 0.05) is 38.0 Å². The van der Waals surface area contributed by atoms with Gasteiger partial charge in [-0.3, -0.25) is 14.4 Å². The van der Waals surface area contributed by atoms with Crippen LogP contribution >= 0.6 is 0 Å². The van der Waals surface area contributed by atoms with Gasteiger partial charge in [0.15, 0.2) is 0 Å². The fraction of sp³-hybridized carbons (Fsp3) is 0.472. The summed E-state index contributed by atoms with van der Waals surface area (Å²) in [4.78, 5) is 41.7. The molecule has 9 heteroatoms. The highest BCUT2D eigenvalue weighted by Gasteiger charge is 2.39. The van der Waals surface area contributed by atoms with Crippen LogP contribution in [0.3, 0.4) is 0 Å². The van der Waals surface area contributed by atoms with E-state index in [1.807, 2.05) is 100 Å². The minimum Gasteiger partial charge on any atom is -0.390 e. The molecule has 0 spiro atoms. The minimum absolute atomic E-state index is 0.0211. The minimum atomic E-state index is -0.877. The third-order valence-corrected chi connectivity index (χ3v) is 8.05. The van der Waals surface area contributed by atoms with Crippen LogP contribution in [0.1, 0.15) is 51.7 Å². The van der Waals surface area contributed by atoms with Crippen LogP contribution in [0.2, 0.25) is 0 Å². The summed E-state index contributed by atoms with van der Waals surface area (Å²) in [6.45, 7) is 9.36. The van der Waals surface area contributed by atoms with Gasteiger partial charge < -0.3 is 30.7 Å². The summed E-state index contributed by atoms with van der Waals surface area (Å²) in [6.07, 6.45) is 0.662. The standard InChI is InChI=1S/C36H48N4O5/c1-25(45-24-26-11-6-5-7-12-26)21-37-22-30(41)23-38-33(42)31(20-27-16-17-28-13-8-9-14-29(28)19-27)39-34(43)32-15-10-18-40(32)35(44)36(2,3)4/h5-9,11-14,16-17,19,25,30-32,37,41H,10,15,18,20-24H2,1-4H3,(H,38,42)(H,39,43). The van der Waals surface area contributed by atoms with Crippen LogP contribution < -0.4 is 16.0 Å². The van der Waals surface area contributed by atoms with Crippen molar-refractivity contribution in [2.24, 2.45) is 5.41 Å². The highest BCUT2D eigenvalue weighted by atomic mass is 16.5. The smallest absolute Gasteiger partial charge is 0.243 e. The molecule has 1 heterocycles. The zero-order valence-electron chi connectivity index (χ0n) is 26.9. The zero-order valence-corrected chi connectivity index (χ0v) is 26.9. The summed E-state index contributed by atoms with van der Waals surface area (Å²) >= 11 is 0. The summed E-state index contributed by atoms with van der Waals surface area (Å²) in [7, 11) is 0. The molecule has 1 aliphatic heterocycles. The fourth-order valence-corrected chi connectivity index (χ4v) is 5.53. The number of benzene rings is 3. The summed E-state index contributed by atoms with van der Waals surface area (Å²) in [6, 6.07) is 22.4. The van der Waals surface area contributed by atoms with Gasteiger partial charge in [0.1, 0.15) is 12.1 Å². The number of carbonyl (C=O) groups is 3. The molecule has 4 unspecified atom stereocenters. The molecule has 45 heavy (non-hydrogen) atoms. The maximum Gasteiger partial charge on any atom is 0.243 e. The number of likely N-dealkylation sites (tertiary alicyclic amines) is 1. The predicted molar refractivity (Wildman–Crippen MR) is 176 cm³/mol. The van der Waals surface area contributed by atoms with Gasteiger partial charge in [-0.15, -0.1) is 0 Å². The quantitative estimate of drug-likeness (QED) is 0.220. The van der Waals surface area contributed by atoms with Gasteiger partial charge >= 0.3 is 0 Å². The van der Waals surface area contributed by atoms with E-state index in [1.54, 1.807) is 4.90 Å². The fourth-order valence-electron chi connectivity index (χ4n) is 5.53. The molecule has 4 atom stereocenters. The Morgan fingerprint density at radius 1 is 0.933 bits per heavy atom. The van der Waals surface area contributed by atoms with Gasteiger partial charge in [0.25, 0.3) is 0 Å². The number of hydrogen-bond acceptors (Lipinski definition) is 6. The van der Waals surface area contributed by atoms with Crippen molar-refractivity contribution in [1.82, 2.24) is 20.9 Å². The zero-order chi connectivity index (χ0) is 32.4. The monoisotopic (exact) mass is 616 g/mol. The van der Waals surface area contributed by atoms with Crippen LogP contribution in [-0.4, -0.2) is 78.2 Å². The van der Waals surface area contributed by atoms with Gasteiger partial charge in [-0.05, 0) is 41.7 Å². The summed E-state index contributed by atoms with van der Waals surface area (Å²) in [5.41, 5.74) is 1.38. The third kappa shape index (κ3) is 10.1. The number of ether oxygens (including phenoxy) is 1. The van der Waals surface area contributed by atoms with Gasteiger partial charge in [-0.25, -0.2) is 0 Å². The first-order valence-electron chi connectivity index (χ1n) is 15.9. The average molecular weight is 617 g/mol. The Morgan fingerprint density at radius 3 is 2.38 bits per heavy atom. The van der Waals surface area contributed by atoms with E-state index >= 15 is 0 Å². The Kier molecular flexibility index (Phi) is 12.1. The van der Waals surface area contributed by atoms with Gasteiger partial charge in [0.05, 0.1) is 18.8 Å². The topological polar surface area (TPSA) is 120 Å². The number of hydrogen-bond donors (Lipinski definition) is 4. The first-order chi connectivity index (χ1) is 21.5. The number of carbonyl (C=O) groups excluding carboxylic acids is 3. The van der Waals surface area contributed by atoms with Crippen molar-refractivity contribution in [2.75, 3.05) is 26.2 Å². The highest BCUT2D eigenvalue weighted by molar-refractivity contribution is 5.93. The molecule has 3 aromatic rings. The molecule has 0 aliphatic carbocycles. The van der Waals surface area contributed by atoms with E-state index in [0.717, 1.165) is 28.3 Å². The lowest BCUT2D eigenvalue weighted by atomic mass is 9.94. The lowest BCUT2D eigenvalue weighted by molar-refractivity contribution is -0.145. The van der Waals surface area contributed by atoms with Crippen LogP contribution in [0.4, 0.5) is 0 Å². The SMILES string of the molecule is CC(CNCC(O)CNC(=O)C(Cc1ccc2ccccc2c1)NC(=O)C1CCCN1C(=O)C(C)(C)C)OCc1ccccc1. The molecule has 0 radical (unpaired) electrons. The molecule has 0 aromatic heterocycles. The Morgan fingerprint density at radius 2 is 1.64 bits per heavy atom. The Bertz CT molecular complexity index is 1420. The van der Waals surface area contributed by atoms with E-state index in [9.17, 15) is 19.5 Å². The molecule has 1 saturated heterocycles. The van der Waals surface area contributed by atoms with Crippen LogP contribution in [-0.2, 0) is 32.1 Å². The molecule has 242 valence electrons. The number of rotatable bonds is 14. The molecule has 9 nitrogen and oxygen atoms in total. The molecule has 4 N–H and O–H groups in total. The van der Waals surface area contributed by atoms with Gasteiger partial charge in [0.2, 0.25) is 17.7 Å². The van der Waals surface area contributed by atoms with E-state index in [-0.39, 0.29) is 43.3 Å². The second-order valence-corrected chi connectivity index (χ2v) is 13.0. The second-order valence-electron chi connectivity index (χ2n) is 13.0. The van der Waals surface area contributed by atoms with Crippen LogP contribution in [0.25, 0.3) is 10.8 Å². The summed E-state index contributed by atoms with van der Waals surface area (Å²) < 4.78 is 5.86. The molecule has 0 saturated carbocycles. The number of nitrogens with one attached hydrogen (secondary N) is 3. The number of nitrogens with zero attached hydrogens (tertiary/aromatic N) is 1. The first-order valence-corrected chi connectivity index (χ1v) is 15.9. The molecule has 1 fully saturated rings. The van der Waals surface area contributed by atoms with Crippen molar-refractivity contribution >= 4 is 28.5 Å². The van der Waals surface area contributed by atoms with Gasteiger partial charge in [-0.2, -0.15) is 0 Å². The first kappa shape index (κ1) is 34.1. The second kappa shape index (κ2) is 16.0. The molecule has 4 rings (SSSR count). The Balaban J connectivity index is 1.34. The van der Waals surface area contributed by atoms with E-state index in [1.165, 1.54) is 0 Å². The summed E-state index contributed by atoms with van der Waals surface area (Å²) in [5.74, 6) is -0.800. The Labute approximate surface area is 266 Å². The van der Waals surface area contributed by atoms with Crippen molar-refractivity contribution in [3.8, 4) is 0 Å².